The summed E-state index contributed by atoms with van der Waals surface area (Å²) in [5.41, 5.74) is 1.78. The zero-order valence-electron chi connectivity index (χ0n) is 40.1. The van der Waals surface area contributed by atoms with Crippen molar-refractivity contribution >= 4 is 35.4 Å². The molecule has 4 N–H and O–H groups in total. The third-order valence-corrected chi connectivity index (χ3v) is 12.5. The third-order valence-electron chi connectivity index (χ3n) is 12.5. The van der Waals surface area contributed by atoms with E-state index in [1.54, 1.807) is 37.1 Å². The van der Waals surface area contributed by atoms with Crippen molar-refractivity contribution in [3.63, 3.8) is 0 Å². The van der Waals surface area contributed by atoms with Gasteiger partial charge in [-0.2, -0.15) is 0 Å². The number of pyridine rings is 1. The van der Waals surface area contributed by atoms with Crippen molar-refractivity contribution in [1.29, 1.82) is 0 Å². The number of nitrogens with one attached hydrogen (secondary N) is 3. The first kappa shape index (κ1) is 52.7. The number of carbonyl (C=O) groups excluding carboxylic acids is 4. The number of likely N-dealkylation sites (N-methyl/N-ethyl adjacent to an activating group) is 2. The van der Waals surface area contributed by atoms with Gasteiger partial charge in [-0.15, -0.1) is 0 Å². The number of carboxylic acid groups (broad SMARTS) is 1. The first-order chi connectivity index (χ1) is 29.7. The van der Waals surface area contributed by atoms with Gasteiger partial charge in [0.25, 0.3) is 0 Å². The van der Waals surface area contributed by atoms with Gasteiger partial charge in [0.15, 0.2) is 0 Å². The van der Waals surface area contributed by atoms with E-state index in [4.69, 9.17) is 9.47 Å². The fourth-order valence-electron chi connectivity index (χ4n) is 8.98. The standard InChI is InChI=1S/C48H77N7O8/c1-14-32(8)43(54(11)47(59)41(29(2)3)52-46(58)42(30(4)5)53(10)28-35-22-23-49-39(26-35)50-31(6)7)38(62-12)27-40(56)55-24-18-21-37(55)44(63-13)33(9)45(57)51-36(48(60)61)25-34-19-16-15-17-20-34/h15-17,19-20,22-23,26,29-33,36-38,41-44H,14,18,21,24-25,27-28H2,1-13H3,(H,49,50)(H,51,57)(H,52,58)(H,60,61)/t32-,33+,36-,37-,38+,41-,42-,43-,44+/m0/s1. The number of aliphatic carboxylic acids is 1. The molecule has 1 aliphatic heterocycles. The predicted octanol–water partition coefficient (Wildman–Crippen LogP) is 5.23. The lowest BCUT2D eigenvalue weighted by Crippen LogP contribution is -2.60. The second-order valence-electron chi connectivity index (χ2n) is 18.4. The number of carbonyl (C=O) groups is 5. The lowest BCUT2D eigenvalue weighted by molar-refractivity contribution is -0.148. The van der Waals surface area contributed by atoms with Crippen molar-refractivity contribution in [2.75, 3.05) is 40.2 Å². The highest BCUT2D eigenvalue weighted by atomic mass is 16.5. The summed E-state index contributed by atoms with van der Waals surface area (Å²) < 4.78 is 12.0. The van der Waals surface area contributed by atoms with Crippen LogP contribution < -0.4 is 16.0 Å². The molecule has 1 aliphatic rings. The summed E-state index contributed by atoms with van der Waals surface area (Å²) in [5, 5.41) is 19.1. The van der Waals surface area contributed by atoms with Crippen LogP contribution in [0.1, 0.15) is 99.1 Å². The molecule has 352 valence electrons. The Kier molecular flexibility index (Phi) is 21.0. The molecule has 0 bridgehead atoms. The van der Waals surface area contributed by atoms with E-state index < -0.39 is 60.2 Å². The van der Waals surface area contributed by atoms with E-state index in [2.05, 4.69) is 20.9 Å². The number of rotatable bonds is 25. The Labute approximate surface area is 376 Å². The maximum atomic E-state index is 14.6. The molecule has 2 aromatic rings. The van der Waals surface area contributed by atoms with Gasteiger partial charge >= 0.3 is 5.97 Å². The molecule has 4 amide bonds. The Morgan fingerprint density at radius 1 is 0.889 bits per heavy atom. The summed E-state index contributed by atoms with van der Waals surface area (Å²) in [5.74, 6) is -2.71. The number of nitrogens with zero attached hydrogens (tertiary/aromatic N) is 4. The summed E-state index contributed by atoms with van der Waals surface area (Å²) >= 11 is 0. The molecule has 1 aromatic heterocycles. The molecule has 0 radical (unpaired) electrons. The molecule has 2 heterocycles. The molecule has 63 heavy (non-hydrogen) atoms. The summed E-state index contributed by atoms with van der Waals surface area (Å²) in [6.45, 7) is 18.6. The number of aromatic nitrogens is 1. The lowest BCUT2D eigenvalue weighted by atomic mass is 9.89. The number of carboxylic acids is 1. The highest BCUT2D eigenvalue weighted by molar-refractivity contribution is 5.90. The van der Waals surface area contributed by atoms with Crippen molar-refractivity contribution in [2.45, 2.75) is 149 Å². The van der Waals surface area contributed by atoms with Crippen LogP contribution in [0.3, 0.4) is 0 Å². The number of amides is 4. The summed E-state index contributed by atoms with van der Waals surface area (Å²) in [7, 11) is 6.67. The number of ether oxygens (including phenoxy) is 2. The zero-order valence-corrected chi connectivity index (χ0v) is 40.1. The van der Waals surface area contributed by atoms with Crippen molar-refractivity contribution in [3.8, 4) is 0 Å². The monoisotopic (exact) mass is 880 g/mol. The summed E-state index contributed by atoms with van der Waals surface area (Å²) in [4.78, 5) is 78.7. The van der Waals surface area contributed by atoms with Crippen molar-refractivity contribution in [3.05, 3.63) is 59.8 Å². The van der Waals surface area contributed by atoms with E-state index in [-0.39, 0.29) is 54.4 Å². The Morgan fingerprint density at radius 2 is 1.56 bits per heavy atom. The van der Waals surface area contributed by atoms with Crippen LogP contribution in [-0.2, 0) is 46.4 Å². The van der Waals surface area contributed by atoms with Crippen LogP contribution in [0.4, 0.5) is 5.82 Å². The maximum absolute atomic E-state index is 14.6. The molecule has 1 aromatic carbocycles. The molecule has 15 nitrogen and oxygen atoms in total. The van der Waals surface area contributed by atoms with Gasteiger partial charge in [0.05, 0.1) is 42.7 Å². The van der Waals surface area contributed by atoms with E-state index in [0.717, 1.165) is 16.9 Å². The van der Waals surface area contributed by atoms with Crippen LogP contribution >= 0.6 is 0 Å². The topological polar surface area (TPSA) is 183 Å². The zero-order chi connectivity index (χ0) is 47.1. The minimum atomic E-state index is -1.14. The van der Waals surface area contributed by atoms with Gasteiger partial charge in [-0.25, -0.2) is 9.78 Å². The molecule has 0 aliphatic carbocycles. The molecule has 1 saturated heterocycles. The Bertz CT molecular complexity index is 1780. The molecule has 0 saturated carbocycles. The number of anilines is 1. The van der Waals surface area contributed by atoms with Crippen molar-refractivity contribution < 1.29 is 38.6 Å². The fraction of sp³-hybridized carbons (Fsp3) is 0.667. The van der Waals surface area contributed by atoms with Crippen LogP contribution in [0.5, 0.6) is 0 Å². The smallest absolute Gasteiger partial charge is 0.326 e. The Hall–Kier alpha value is -4.60. The number of benzene rings is 1. The maximum Gasteiger partial charge on any atom is 0.326 e. The van der Waals surface area contributed by atoms with Gasteiger partial charge in [0, 0.05) is 53.0 Å². The van der Waals surface area contributed by atoms with E-state index in [1.807, 2.05) is 110 Å². The summed E-state index contributed by atoms with van der Waals surface area (Å²) in [6.07, 6.45) is 2.45. The number of hydrogen-bond acceptors (Lipinski definition) is 10. The van der Waals surface area contributed by atoms with Crippen LogP contribution in [0.25, 0.3) is 0 Å². The molecule has 0 unspecified atom stereocenters. The van der Waals surface area contributed by atoms with Gasteiger partial charge in [-0.1, -0.05) is 85.2 Å². The minimum Gasteiger partial charge on any atom is -0.480 e. The van der Waals surface area contributed by atoms with Gasteiger partial charge in [0.1, 0.15) is 17.9 Å². The molecule has 0 spiro atoms. The predicted molar refractivity (Wildman–Crippen MR) is 246 cm³/mol. The Balaban J connectivity index is 1.78. The quantitative estimate of drug-likeness (QED) is 0.103. The van der Waals surface area contributed by atoms with Gasteiger partial charge < -0.3 is 40.3 Å². The molecular formula is C48H77N7O8. The number of hydrogen-bond donors (Lipinski definition) is 4. The third kappa shape index (κ3) is 14.7. The highest BCUT2D eigenvalue weighted by Gasteiger charge is 2.43. The van der Waals surface area contributed by atoms with Gasteiger partial charge in [0.2, 0.25) is 23.6 Å². The van der Waals surface area contributed by atoms with Crippen molar-refractivity contribution in [1.82, 2.24) is 30.3 Å². The average molecular weight is 880 g/mol. The van der Waals surface area contributed by atoms with E-state index in [0.29, 0.717) is 32.4 Å². The molecule has 1 fully saturated rings. The van der Waals surface area contributed by atoms with Crippen molar-refractivity contribution in [2.24, 2.45) is 23.7 Å². The number of likely N-dealkylation sites (tertiary alicyclic amines) is 1. The van der Waals surface area contributed by atoms with E-state index in [9.17, 15) is 29.1 Å². The second kappa shape index (κ2) is 25.0. The Morgan fingerprint density at radius 3 is 2.11 bits per heavy atom. The van der Waals surface area contributed by atoms with Crippen LogP contribution in [-0.4, -0.2) is 138 Å². The average Bonchev–Trinajstić information content (AvgIpc) is 3.71. The molecule has 3 rings (SSSR count). The highest BCUT2D eigenvalue weighted by Crippen LogP contribution is 2.30. The molecule has 9 atom stereocenters. The number of methoxy groups -OCH3 is 2. The SMILES string of the molecule is CC[C@H](C)[C@@H]([C@@H](CC(=O)N1CCC[C@H]1[C@H](OC)[C@@H](C)C(=O)N[C@@H](Cc1ccccc1)C(=O)O)OC)N(C)C(=O)[C@@H](NC(=O)[C@H](C(C)C)N(C)Cc1ccnc(NC(C)C)c1)C(C)C. The van der Waals surface area contributed by atoms with E-state index in [1.165, 1.54) is 7.11 Å². The van der Waals surface area contributed by atoms with Crippen LogP contribution in [0.2, 0.25) is 0 Å². The van der Waals surface area contributed by atoms with Crippen LogP contribution in [0, 0.1) is 23.7 Å². The van der Waals surface area contributed by atoms with Gasteiger partial charge in [-0.05, 0) is 74.8 Å². The summed E-state index contributed by atoms with van der Waals surface area (Å²) in [6, 6.07) is 9.78. The minimum absolute atomic E-state index is 0.0306. The molecular weight excluding hydrogens is 803 g/mol. The normalized spacial score (nSPS) is 18.0. The first-order valence-electron chi connectivity index (χ1n) is 22.7. The largest absolute Gasteiger partial charge is 0.480 e. The van der Waals surface area contributed by atoms with Crippen LogP contribution in [0.15, 0.2) is 48.7 Å². The fourth-order valence-corrected chi connectivity index (χ4v) is 8.98. The van der Waals surface area contributed by atoms with Gasteiger partial charge in [-0.3, -0.25) is 24.1 Å². The molecule has 15 heteroatoms. The second-order valence-corrected chi connectivity index (χ2v) is 18.4. The first-order valence-corrected chi connectivity index (χ1v) is 22.7. The van der Waals surface area contributed by atoms with E-state index >= 15 is 0 Å². The lowest BCUT2D eigenvalue weighted by Gasteiger charge is -2.41.